The lowest BCUT2D eigenvalue weighted by Gasteiger charge is -1.86. The molecule has 0 bridgehead atoms. The van der Waals surface area contributed by atoms with E-state index in [9.17, 15) is 9.59 Å². The summed E-state index contributed by atoms with van der Waals surface area (Å²) in [6, 6.07) is -0.120. The fourth-order valence-electron chi connectivity index (χ4n) is 0.129. The molecule has 0 heterocycles. The maximum atomic E-state index is 10.2. The summed E-state index contributed by atoms with van der Waals surface area (Å²) in [5.41, 5.74) is 0. The van der Waals surface area contributed by atoms with Crippen LogP contribution in [0.3, 0.4) is 0 Å². The maximum absolute atomic E-state index is 10.2. The standard InChI is InChI=1S/C3H2ClNO3S/c4-1-8-9-3(7)5-2-6/h1H2. The molecule has 0 aliphatic carbocycles. The molecule has 0 saturated heterocycles. The molecule has 0 aromatic heterocycles. The van der Waals surface area contributed by atoms with Crippen molar-refractivity contribution in [3.8, 4) is 0 Å². The molecule has 0 spiro atoms. The third kappa shape index (κ3) is 5.52. The molecule has 0 atom stereocenters. The second-order valence-corrected chi connectivity index (χ2v) is 1.75. The molecule has 0 aliphatic rings. The van der Waals surface area contributed by atoms with Gasteiger partial charge in [0, 0.05) is 0 Å². The van der Waals surface area contributed by atoms with Crippen molar-refractivity contribution in [3.63, 3.8) is 0 Å². The van der Waals surface area contributed by atoms with Crippen LogP contribution in [-0.2, 0) is 8.98 Å². The van der Waals surface area contributed by atoms with Crippen molar-refractivity contribution in [2.24, 2.45) is 4.99 Å². The number of rotatable bonds is 2. The van der Waals surface area contributed by atoms with E-state index in [0.29, 0.717) is 12.0 Å². The Morgan fingerprint density at radius 3 is 3.00 bits per heavy atom. The van der Waals surface area contributed by atoms with Gasteiger partial charge in [-0.15, -0.1) is 4.99 Å². The highest BCUT2D eigenvalue weighted by Gasteiger charge is 1.97. The minimum Gasteiger partial charge on any atom is -0.290 e. The average molecular weight is 168 g/mol. The molecular weight excluding hydrogens is 166 g/mol. The van der Waals surface area contributed by atoms with E-state index in [-0.39, 0.29) is 6.07 Å². The van der Waals surface area contributed by atoms with Crippen molar-refractivity contribution in [3.05, 3.63) is 0 Å². The molecule has 0 rings (SSSR count). The number of halogens is 1. The van der Waals surface area contributed by atoms with Crippen LogP contribution in [-0.4, -0.2) is 17.4 Å². The van der Waals surface area contributed by atoms with Crippen LogP contribution < -0.4 is 0 Å². The molecule has 0 aromatic rings. The fraction of sp³-hybridized carbons (Fsp3) is 0.333. The second kappa shape index (κ2) is 5.78. The predicted molar refractivity (Wildman–Crippen MR) is 32.9 cm³/mol. The second-order valence-electron chi connectivity index (χ2n) is 0.779. The molecule has 9 heavy (non-hydrogen) atoms. The summed E-state index contributed by atoms with van der Waals surface area (Å²) in [6.07, 6.45) is 1.06. The molecule has 0 aromatic carbocycles. The summed E-state index contributed by atoms with van der Waals surface area (Å²) >= 11 is 5.41. The Morgan fingerprint density at radius 2 is 2.56 bits per heavy atom. The van der Waals surface area contributed by atoms with Gasteiger partial charge in [-0.25, -0.2) is 4.79 Å². The van der Waals surface area contributed by atoms with Crippen molar-refractivity contribution < 1.29 is 13.8 Å². The zero-order valence-electron chi connectivity index (χ0n) is 4.17. The molecular formula is C3H2ClNO3S. The fourth-order valence-corrected chi connectivity index (χ4v) is 0.482. The lowest BCUT2D eigenvalue weighted by molar-refractivity contribution is 0.265. The van der Waals surface area contributed by atoms with Crippen molar-refractivity contribution in [1.82, 2.24) is 0 Å². The summed E-state index contributed by atoms with van der Waals surface area (Å²) in [7, 11) is 0. The summed E-state index contributed by atoms with van der Waals surface area (Å²) in [5.74, 6) is 0. The van der Waals surface area contributed by atoms with Gasteiger partial charge in [-0.2, -0.15) is 0 Å². The van der Waals surface area contributed by atoms with Crippen LogP contribution >= 0.6 is 23.6 Å². The molecule has 4 nitrogen and oxygen atoms in total. The molecule has 6 heteroatoms. The van der Waals surface area contributed by atoms with Crippen molar-refractivity contribution in [2.75, 3.05) is 6.07 Å². The summed E-state index contributed by atoms with van der Waals surface area (Å²) in [4.78, 5) is 22.2. The third-order valence-electron chi connectivity index (χ3n) is 0.312. The highest BCUT2D eigenvalue weighted by Crippen LogP contribution is 2.05. The quantitative estimate of drug-likeness (QED) is 0.269. The topological polar surface area (TPSA) is 55.7 Å². The van der Waals surface area contributed by atoms with Crippen molar-refractivity contribution in [1.29, 1.82) is 0 Å². The molecule has 0 aliphatic heterocycles. The largest absolute Gasteiger partial charge is 0.342 e. The number of nitrogens with zero attached hydrogens (tertiary/aromatic N) is 1. The highest BCUT2D eigenvalue weighted by molar-refractivity contribution is 8.09. The zero-order valence-corrected chi connectivity index (χ0v) is 5.74. The van der Waals surface area contributed by atoms with Gasteiger partial charge in [0.25, 0.3) is 0 Å². The zero-order chi connectivity index (χ0) is 7.11. The Morgan fingerprint density at radius 1 is 1.89 bits per heavy atom. The molecule has 0 fully saturated rings. The molecule has 0 radical (unpaired) electrons. The van der Waals surface area contributed by atoms with Crippen LogP contribution in [0.25, 0.3) is 0 Å². The van der Waals surface area contributed by atoms with E-state index < -0.39 is 5.24 Å². The molecule has 0 unspecified atom stereocenters. The number of hydrogen-bond donors (Lipinski definition) is 0. The highest BCUT2D eigenvalue weighted by atomic mass is 35.5. The van der Waals surface area contributed by atoms with Crippen LogP contribution in [0.2, 0.25) is 0 Å². The van der Waals surface area contributed by atoms with Gasteiger partial charge in [0.15, 0.2) is 0 Å². The van der Waals surface area contributed by atoms with E-state index >= 15 is 0 Å². The Bertz CT molecular complexity index is 144. The number of isocyanates is 1. The van der Waals surface area contributed by atoms with Crippen LogP contribution in [0.5, 0.6) is 0 Å². The minimum atomic E-state index is -0.759. The van der Waals surface area contributed by atoms with E-state index in [1.54, 1.807) is 0 Å². The van der Waals surface area contributed by atoms with Gasteiger partial charge in [0.05, 0.1) is 12.0 Å². The summed E-state index contributed by atoms with van der Waals surface area (Å²) < 4.78 is 4.31. The Kier molecular flexibility index (Phi) is 5.56. The summed E-state index contributed by atoms with van der Waals surface area (Å²) in [5, 5.41) is -0.759. The van der Waals surface area contributed by atoms with Crippen molar-refractivity contribution in [2.45, 2.75) is 0 Å². The normalized spacial score (nSPS) is 8.11. The van der Waals surface area contributed by atoms with Gasteiger partial charge in [0.2, 0.25) is 6.08 Å². The first-order chi connectivity index (χ1) is 4.31. The smallest absolute Gasteiger partial charge is 0.290 e. The van der Waals surface area contributed by atoms with Gasteiger partial charge < -0.3 is 0 Å². The van der Waals surface area contributed by atoms with Crippen LogP contribution in [0.15, 0.2) is 4.99 Å². The lowest BCUT2D eigenvalue weighted by atomic mass is 11.3. The minimum absolute atomic E-state index is 0.120. The lowest BCUT2D eigenvalue weighted by Crippen LogP contribution is -1.82. The van der Waals surface area contributed by atoms with Gasteiger partial charge in [0.1, 0.15) is 6.07 Å². The molecule has 0 N–H and O–H groups in total. The van der Waals surface area contributed by atoms with Gasteiger partial charge in [-0.1, -0.05) is 11.6 Å². The number of carbonyl (C=O) groups excluding carboxylic acids is 2. The van der Waals surface area contributed by atoms with Crippen molar-refractivity contribution >= 4 is 35.0 Å². The first-order valence-electron chi connectivity index (χ1n) is 1.78. The van der Waals surface area contributed by atoms with Crippen LogP contribution in [0, 0.1) is 0 Å². The van der Waals surface area contributed by atoms with Gasteiger partial charge in [-0.05, 0) is 0 Å². The maximum Gasteiger partial charge on any atom is 0.342 e. The molecule has 1 amide bonds. The monoisotopic (exact) mass is 167 g/mol. The van der Waals surface area contributed by atoms with Gasteiger partial charge >= 0.3 is 5.24 Å². The first kappa shape index (κ1) is 8.65. The van der Waals surface area contributed by atoms with E-state index in [4.69, 9.17) is 11.6 Å². The number of amides is 1. The average Bonchev–Trinajstić information content (AvgIpc) is 1.85. The number of alkyl halides is 1. The Labute approximate surface area is 60.4 Å². The Balaban J connectivity index is 3.39. The number of aliphatic imine (C=N–C) groups is 1. The number of carbonyl (C=O) groups is 1. The third-order valence-corrected chi connectivity index (χ3v) is 1.02. The molecule has 50 valence electrons. The van der Waals surface area contributed by atoms with E-state index in [2.05, 4.69) is 9.18 Å². The first-order valence-corrected chi connectivity index (χ1v) is 3.06. The predicted octanol–water partition coefficient (Wildman–Crippen LogP) is 1.30. The van der Waals surface area contributed by atoms with Crippen LogP contribution in [0.1, 0.15) is 0 Å². The van der Waals surface area contributed by atoms with E-state index in [0.717, 1.165) is 6.08 Å². The van der Waals surface area contributed by atoms with E-state index in [1.807, 2.05) is 0 Å². The molecule has 0 saturated carbocycles. The summed E-state index contributed by atoms with van der Waals surface area (Å²) in [6.45, 7) is 0. The van der Waals surface area contributed by atoms with Gasteiger partial charge in [-0.3, -0.25) is 8.98 Å². The Hall–Kier alpha value is -0.350. The number of hydrogen-bond acceptors (Lipinski definition) is 4. The van der Waals surface area contributed by atoms with E-state index in [1.165, 1.54) is 0 Å². The van der Waals surface area contributed by atoms with Crippen LogP contribution in [0.4, 0.5) is 4.79 Å². The SMILES string of the molecule is O=C=NC(=O)SOCCl.